The second-order valence-corrected chi connectivity index (χ2v) is 5.23. The predicted molar refractivity (Wildman–Crippen MR) is 78.0 cm³/mol. The van der Waals surface area contributed by atoms with Gasteiger partial charge in [-0.25, -0.2) is 4.79 Å². The van der Waals surface area contributed by atoms with E-state index in [0.29, 0.717) is 12.3 Å². The maximum absolute atomic E-state index is 11.8. The van der Waals surface area contributed by atoms with Crippen molar-refractivity contribution in [1.29, 1.82) is 0 Å². The zero-order valence-electron chi connectivity index (χ0n) is 12.4. The first kappa shape index (κ1) is 17.7. The van der Waals surface area contributed by atoms with E-state index >= 15 is 0 Å². The van der Waals surface area contributed by atoms with Gasteiger partial charge in [0.05, 0.1) is 13.2 Å². The Morgan fingerprint density at radius 1 is 1.43 bits per heavy atom. The Morgan fingerprint density at radius 3 is 2.76 bits per heavy atom. The molecule has 0 radical (unpaired) electrons. The molecule has 1 aliphatic rings. The molecule has 1 aliphatic heterocycles. The Labute approximate surface area is 125 Å². The van der Waals surface area contributed by atoms with Crippen molar-refractivity contribution >= 4 is 11.9 Å². The molecule has 0 aromatic carbocycles. The zero-order valence-corrected chi connectivity index (χ0v) is 12.4. The monoisotopic (exact) mass is 299 g/mol. The summed E-state index contributed by atoms with van der Waals surface area (Å²) in [5.74, 6) is -0.703. The molecule has 2 N–H and O–H groups in total. The fourth-order valence-corrected chi connectivity index (χ4v) is 2.30. The largest absolute Gasteiger partial charge is 0.480 e. The number of carboxylic acid groups (broad SMARTS) is 1. The number of hydrogen-bond acceptors (Lipinski definition) is 4. The van der Waals surface area contributed by atoms with Gasteiger partial charge in [-0.1, -0.05) is 6.08 Å². The van der Waals surface area contributed by atoms with Gasteiger partial charge in [-0.05, 0) is 31.6 Å². The number of carbonyl (C=O) groups is 2. The van der Waals surface area contributed by atoms with E-state index in [2.05, 4.69) is 11.9 Å². The van der Waals surface area contributed by atoms with Crippen LogP contribution in [0, 0.1) is 5.92 Å². The maximum atomic E-state index is 11.8. The molecular formula is C15H25NO5. The van der Waals surface area contributed by atoms with Crippen LogP contribution >= 0.6 is 0 Å². The molecule has 0 bridgehead atoms. The number of amides is 1. The highest BCUT2D eigenvalue weighted by atomic mass is 16.5. The van der Waals surface area contributed by atoms with Gasteiger partial charge in [0.2, 0.25) is 5.91 Å². The Hall–Kier alpha value is -1.40. The van der Waals surface area contributed by atoms with Gasteiger partial charge in [0.25, 0.3) is 0 Å². The van der Waals surface area contributed by atoms with E-state index < -0.39 is 12.0 Å². The van der Waals surface area contributed by atoms with E-state index in [9.17, 15) is 9.59 Å². The number of aliphatic carboxylic acids is 1. The second kappa shape index (κ2) is 10.3. The standard InChI is InChI=1S/C15H25NO5/c1-2-8-21-11-13(15(18)19)16-14(17)5-3-4-12-6-9-20-10-7-12/h2,12-13H,1,3-11H2,(H,16,17)(H,18,19). The molecule has 0 saturated carbocycles. The van der Waals surface area contributed by atoms with Crippen molar-refractivity contribution in [3.63, 3.8) is 0 Å². The lowest BCUT2D eigenvalue weighted by Gasteiger charge is -2.21. The zero-order chi connectivity index (χ0) is 15.5. The van der Waals surface area contributed by atoms with Crippen molar-refractivity contribution in [1.82, 2.24) is 5.32 Å². The van der Waals surface area contributed by atoms with E-state index in [0.717, 1.165) is 38.9 Å². The lowest BCUT2D eigenvalue weighted by atomic mass is 9.94. The fourth-order valence-electron chi connectivity index (χ4n) is 2.30. The molecule has 1 unspecified atom stereocenters. The van der Waals surface area contributed by atoms with Crippen molar-refractivity contribution < 1.29 is 24.2 Å². The summed E-state index contributed by atoms with van der Waals surface area (Å²) in [4.78, 5) is 22.8. The quantitative estimate of drug-likeness (QED) is 0.470. The smallest absolute Gasteiger partial charge is 0.328 e. The normalized spacial score (nSPS) is 17.1. The molecule has 1 amide bonds. The molecule has 0 aliphatic carbocycles. The lowest BCUT2D eigenvalue weighted by molar-refractivity contribution is -0.143. The van der Waals surface area contributed by atoms with Crippen molar-refractivity contribution in [3.05, 3.63) is 12.7 Å². The van der Waals surface area contributed by atoms with Gasteiger partial charge in [-0.3, -0.25) is 4.79 Å². The molecule has 6 nitrogen and oxygen atoms in total. The highest BCUT2D eigenvalue weighted by Crippen LogP contribution is 2.20. The molecule has 0 aromatic heterocycles. The van der Waals surface area contributed by atoms with Crippen LogP contribution in [0.1, 0.15) is 32.1 Å². The summed E-state index contributed by atoms with van der Waals surface area (Å²) in [5.41, 5.74) is 0. The van der Waals surface area contributed by atoms with Crippen molar-refractivity contribution in [2.24, 2.45) is 5.92 Å². The van der Waals surface area contributed by atoms with Gasteiger partial charge in [-0.15, -0.1) is 6.58 Å². The van der Waals surface area contributed by atoms with Gasteiger partial charge in [0.15, 0.2) is 6.04 Å². The van der Waals surface area contributed by atoms with Gasteiger partial charge in [0.1, 0.15) is 0 Å². The predicted octanol–water partition coefficient (Wildman–Crippen LogP) is 1.36. The Balaban J connectivity index is 2.19. The van der Waals surface area contributed by atoms with Crippen molar-refractivity contribution in [2.45, 2.75) is 38.1 Å². The summed E-state index contributed by atoms with van der Waals surface area (Å²) in [7, 11) is 0. The van der Waals surface area contributed by atoms with Gasteiger partial charge in [0, 0.05) is 19.6 Å². The lowest BCUT2D eigenvalue weighted by Crippen LogP contribution is -2.44. The molecule has 0 spiro atoms. The molecule has 0 aromatic rings. The molecule has 1 heterocycles. The fraction of sp³-hybridized carbons (Fsp3) is 0.733. The minimum Gasteiger partial charge on any atom is -0.480 e. The average Bonchev–Trinajstić information content (AvgIpc) is 2.47. The number of carboxylic acids is 1. The molecule has 1 atom stereocenters. The Morgan fingerprint density at radius 2 is 2.14 bits per heavy atom. The average molecular weight is 299 g/mol. The maximum Gasteiger partial charge on any atom is 0.328 e. The van der Waals surface area contributed by atoms with Crippen LogP contribution in [-0.2, 0) is 19.1 Å². The van der Waals surface area contributed by atoms with Crippen molar-refractivity contribution in [3.8, 4) is 0 Å². The third-order valence-corrected chi connectivity index (χ3v) is 3.51. The van der Waals surface area contributed by atoms with E-state index in [1.165, 1.54) is 6.08 Å². The van der Waals surface area contributed by atoms with Gasteiger partial charge in [-0.2, -0.15) is 0 Å². The minimum absolute atomic E-state index is 0.0486. The van der Waals surface area contributed by atoms with Crippen LogP contribution in [0.25, 0.3) is 0 Å². The van der Waals surface area contributed by atoms with Crippen LogP contribution in [0.15, 0.2) is 12.7 Å². The highest BCUT2D eigenvalue weighted by molar-refractivity contribution is 5.83. The summed E-state index contributed by atoms with van der Waals surface area (Å²) >= 11 is 0. The summed E-state index contributed by atoms with van der Waals surface area (Å²) in [6.45, 7) is 5.31. The van der Waals surface area contributed by atoms with E-state index in [1.807, 2.05) is 0 Å². The van der Waals surface area contributed by atoms with Crippen LogP contribution < -0.4 is 5.32 Å². The first-order chi connectivity index (χ1) is 10.1. The van der Waals surface area contributed by atoms with Crippen molar-refractivity contribution in [2.75, 3.05) is 26.4 Å². The highest BCUT2D eigenvalue weighted by Gasteiger charge is 2.20. The number of ether oxygens (including phenoxy) is 2. The number of hydrogen-bond donors (Lipinski definition) is 2. The van der Waals surface area contributed by atoms with Crippen LogP contribution in [0.5, 0.6) is 0 Å². The summed E-state index contributed by atoms with van der Waals surface area (Å²) in [5, 5.41) is 11.5. The number of nitrogens with one attached hydrogen (secondary N) is 1. The minimum atomic E-state index is -1.09. The van der Waals surface area contributed by atoms with E-state index in [-0.39, 0.29) is 19.1 Å². The van der Waals surface area contributed by atoms with Crippen LogP contribution in [0.2, 0.25) is 0 Å². The first-order valence-electron chi connectivity index (χ1n) is 7.42. The SMILES string of the molecule is C=CCOCC(NC(=O)CCCC1CCOCC1)C(=O)O. The van der Waals surface area contributed by atoms with Crippen LogP contribution in [0.3, 0.4) is 0 Å². The van der Waals surface area contributed by atoms with Gasteiger partial charge < -0.3 is 19.9 Å². The number of rotatable bonds is 10. The molecule has 120 valence electrons. The molecule has 1 rings (SSSR count). The Kier molecular flexibility index (Phi) is 8.69. The summed E-state index contributed by atoms with van der Waals surface area (Å²) < 4.78 is 10.4. The summed E-state index contributed by atoms with van der Waals surface area (Å²) in [6, 6.07) is -1.000. The molecular weight excluding hydrogens is 274 g/mol. The third kappa shape index (κ3) is 7.82. The van der Waals surface area contributed by atoms with Crippen LogP contribution in [0.4, 0.5) is 0 Å². The number of carbonyl (C=O) groups excluding carboxylic acids is 1. The third-order valence-electron chi connectivity index (χ3n) is 3.51. The van der Waals surface area contributed by atoms with E-state index in [1.54, 1.807) is 0 Å². The molecule has 21 heavy (non-hydrogen) atoms. The molecule has 1 fully saturated rings. The molecule has 6 heteroatoms. The second-order valence-electron chi connectivity index (χ2n) is 5.23. The topological polar surface area (TPSA) is 84.9 Å². The summed E-state index contributed by atoms with van der Waals surface area (Å²) in [6.07, 6.45) is 5.75. The molecule has 1 saturated heterocycles. The van der Waals surface area contributed by atoms with Crippen LogP contribution in [-0.4, -0.2) is 49.5 Å². The van der Waals surface area contributed by atoms with E-state index in [4.69, 9.17) is 14.6 Å². The van der Waals surface area contributed by atoms with Gasteiger partial charge >= 0.3 is 5.97 Å². The first-order valence-corrected chi connectivity index (χ1v) is 7.42. The Bertz CT molecular complexity index is 339.